The number of H-pyrrole nitrogens is 1. The third-order valence-corrected chi connectivity index (χ3v) is 6.91. The molecule has 1 N–H and O–H groups in total. The Labute approximate surface area is 168 Å². The summed E-state index contributed by atoms with van der Waals surface area (Å²) in [6, 6.07) is 9.33. The van der Waals surface area contributed by atoms with Gasteiger partial charge in [0.2, 0.25) is 0 Å². The molecule has 2 heterocycles. The van der Waals surface area contributed by atoms with Crippen molar-refractivity contribution < 1.29 is 0 Å². The summed E-state index contributed by atoms with van der Waals surface area (Å²) in [7, 11) is 0. The molecule has 0 bridgehead atoms. The number of hydrogen-bond donors (Lipinski definition) is 1. The van der Waals surface area contributed by atoms with Crippen LogP contribution in [-0.2, 0) is 6.42 Å². The molecule has 28 heavy (non-hydrogen) atoms. The van der Waals surface area contributed by atoms with Gasteiger partial charge in [-0.25, -0.2) is 0 Å². The highest BCUT2D eigenvalue weighted by atomic mass is 16.1. The number of piperidine rings is 1. The number of nitrogens with one attached hydrogen (secondary N) is 1. The molecule has 0 radical (unpaired) electrons. The number of fused-ring (bicyclic) bond motifs is 1. The van der Waals surface area contributed by atoms with Crippen LogP contribution in [0.15, 0.2) is 41.2 Å². The van der Waals surface area contributed by atoms with Gasteiger partial charge in [0.1, 0.15) is 0 Å². The number of benzene rings is 1. The zero-order chi connectivity index (χ0) is 19.5. The van der Waals surface area contributed by atoms with Crippen LogP contribution in [0.3, 0.4) is 0 Å². The summed E-state index contributed by atoms with van der Waals surface area (Å²) in [5.41, 5.74) is 4.72. The van der Waals surface area contributed by atoms with Gasteiger partial charge in [0.05, 0.1) is 0 Å². The van der Waals surface area contributed by atoms with E-state index in [9.17, 15) is 4.79 Å². The Bertz CT molecular complexity index is 879. The molecule has 0 amide bonds. The highest BCUT2D eigenvalue weighted by Gasteiger charge is 2.31. The van der Waals surface area contributed by atoms with Crippen LogP contribution in [-0.4, -0.2) is 23.0 Å². The second-order valence-corrected chi connectivity index (χ2v) is 8.81. The highest BCUT2D eigenvalue weighted by Crippen LogP contribution is 2.39. The van der Waals surface area contributed by atoms with Crippen molar-refractivity contribution in [2.75, 3.05) is 13.1 Å². The van der Waals surface area contributed by atoms with Crippen LogP contribution in [0.25, 0.3) is 10.9 Å². The fraction of sp³-hybridized carbons (Fsp3) is 0.560. The Kier molecular flexibility index (Phi) is 6.01. The minimum absolute atomic E-state index is 0.0533. The first kappa shape index (κ1) is 19.4. The average Bonchev–Trinajstić information content (AvgIpc) is 2.98. The fourth-order valence-corrected chi connectivity index (χ4v) is 5.24. The molecule has 150 valence electrons. The predicted molar refractivity (Wildman–Crippen MR) is 118 cm³/mol. The van der Waals surface area contributed by atoms with E-state index in [1.165, 1.54) is 55.0 Å². The van der Waals surface area contributed by atoms with Gasteiger partial charge < -0.3 is 4.98 Å². The van der Waals surface area contributed by atoms with Gasteiger partial charge in [-0.2, -0.15) is 0 Å². The number of pyridine rings is 1. The van der Waals surface area contributed by atoms with Gasteiger partial charge in [0.25, 0.3) is 5.56 Å². The highest BCUT2D eigenvalue weighted by molar-refractivity contribution is 5.79. The van der Waals surface area contributed by atoms with Crippen molar-refractivity contribution in [3.8, 4) is 0 Å². The monoisotopic (exact) mass is 378 g/mol. The Morgan fingerprint density at radius 3 is 2.50 bits per heavy atom. The maximum absolute atomic E-state index is 12.2. The number of aryl methyl sites for hydroxylation is 1. The fourth-order valence-electron chi connectivity index (χ4n) is 5.24. The second-order valence-electron chi connectivity index (χ2n) is 8.81. The summed E-state index contributed by atoms with van der Waals surface area (Å²) in [4.78, 5) is 18.0. The van der Waals surface area contributed by atoms with Crippen LogP contribution in [0.2, 0.25) is 0 Å². The van der Waals surface area contributed by atoms with Crippen molar-refractivity contribution in [2.24, 2.45) is 5.92 Å². The summed E-state index contributed by atoms with van der Waals surface area (Å²) in [5, 5.41) is 1.17. The summed E-state index contributed by atoms with van der Waals surface area (Å²) < 4.78 is 0. The Balaban J connectivity index is 1.72. The number of hydrogen-bond acceptors (Lipinski definition) is 2. The van der Waals surface area contributed by atoms with E-state index in [4.69, 9.17) is 0 Å². The topological polar surface area (TPSA) is 36.1 Å². The first-order valence-electron chi connectivity index (χ1n) is 11.2. The number of likely N-dealkylation sites (tertiary alicyclic amines) is 1. The van der Waals surface area contributed by atoms with Crippen molar-refractivity contribution in [2.45, 2.75) is 70.8 Å². The maximum Gasteiger partial charge on any atom is 0.251 e. The van der Waals surface area contributed by atoms with E-state index < -0.39 is 0 Å². The number of nitrogens with zero attached hydrogens (tertiary/aromatic N) is 1. The molecule has 2 aromatic rings. The molecule has 2 fully saturated rings. The largest absolute Gasteiger partial charge is 0.322 e. The van der Waals surface area contributed by atoms with Crippen molar-refractivity contribution in [3.05, 3.63) is 57.9 Å². The third-order valence-electron chi connectivity index (χ3n) is 6.91. The van der Waals surface area contributed by atoms with E-state index in [0.29, 0.717) is 6.04 Å². The molecule has 2 aliphatic rings. The molecule has 0 spiro atoms. The van der Waals surface area contributed by atoms with Crippen LogP contribution in [0.1, 0.15) is 75.5 Å². The van der Waals surface area contributed by atoms with Crippen molar-refractivity contribution in [1.82, 2.24) is 9.88 Å². The molecule has 1 aliphatic carbocycles. The molecule has 1 aromatic carbocycles. The molecule has 4 rings (SSSR count). The van der Waals surface area contributed by atoms with E-state index in [2.05, 4.69) is 47.7 Å². The minimum Gasteiger partial charge on any atom is -0.322 e. The quantitative estimate of drug-likeness (QED) is 0.543. The second kappa shape index (κ2) is 8.65. The molecule has 3 heteroatoms. The molecule has 1 saturated heterocycles. The Hall–Kier alpha value is -1.87. The van der Waals surface area contributed by atoms with E-state index in [1.807, 2.05) is 0 Å². The van der Waals surface area contributed by atoms with Gasteiger partial charge in [-0.3, -0.25) is 9.69 Å². The lowest BCUT2D eigenvalue weighted by Crippen LogP contribution is -2.38. The van der Waals surface area contributed by atoms with Crippen molar-refractivity contribution >= 4 is 10.9 Å². The van der Waals surface area contributed by atoms with Gasteiger partial charge in [-0.15, -0.1) is 0 Å². The maximum atomic E-state index is 12.2. The molecule has 3 nitrogen and oxygen atoms in total. The van der Waals surface area contributed by atoms with Crippen molar-refractivity contribution in [3.63, 3.8) is 0 Å². The lowest BCUT2D eigenvalue weighted by Gasteiger charge is -2.40. The van der Waals surface area contributed by atoms with Crippen LogP contribution >= 0.6 is 0 Å². The van der Waals surface area contributed by atoms with Crippen LogP contribution in [0.4, 0.5) is 0 Å². The van der Waals surface area contributed by atoms with E-state index in [1.54, 1.807) is 0 Å². The van der Waals surface area contributed by atoms with E-state index in [-0.39, 0.29) is 5.56 Å². The zero-order valence-electron chi connectivity index (χ0n) is 17.3. The minimum atomic E-state index is 0.0533. The molecule has 1 aromatic heterocycles. The predicted octanol–water partition coefficient (Wildman–Crippen LogP) is 5.75. The third kappa shape index (κ3) is 4.10. The van der Waals surface area contributed by atoms with Gasteiger partial charge >= 0.3 is 0 Å². The summed E-state index contributed by atoms with van der Waals surface area (Å²) in [5.74, 6) is 0.736. The molecule has 1 unspecified atom stereocenters. The molecule has 1 atom stereocenters. The first-order chi connectivity index (χ1) is 13.7. The molecular formula is C25H34N2O. The Morgan fingerprint density at radius 2 is 1.82 bits per heavy atom. The van der Waals surface area contributed by atoms with Gasteiger partial charge in [0.15, 0.2) is 0 Å². The van der Waals surface area contributed by atoms with E-state index in [0.717, 1.165) is 49.4 Å². The summed E-state index contributed by atoms with van der Waals surface area (Å²) in [6.07, 6.45) is 11.2. The van der Waals surface area contributed by atoms with Crippen LogP contribution < -0.4 is 5.56 Å². The first-order valence-corrected chi connectivity index (χ1v) is 11.2. The summed E-state index contributed by atoms with van der Waals surface area (Å²) in [6.45, 7) is 8.52. The van der Waals surface area contributed by atoms with Gasteiger partial charge in [0, 0.05) is 30.2 Å². The lowest BCUT2D eigenvalue weighted by molar-refractivity contribution is 0.121. The van der Waals surface area contributed by atoms with Crippen LogP contribution in [0.5, 0.6) is 0 Å². The average molecular weight is 379 g/mol. The molecular weight excluding hydrogens is 344 g/mol. The smallest absolute Gasteiger partial charge is 0.251 e. The standard InChI is InChI=1S/C25H34N2O/c1-3-19-16-22-17-21(10-11-23(22)26-25(19)28)24(20-8-6-4-5-7-9-20)27-14-12-18(2)13-15-27/h10-11,16-17,20,24H,2-9,12-15H2,1H3,(H,26,28). The van der Waals surface area contributed by atoms with Gasteiger partial charge in [-0.05, 0) is 67.2 Å². The lowest BCUT2D eigenvalue weighted by atomic mass is 9.84. The zero-order valence-corrected chi connectivity index (χ0v) is 17.3. The molecule has 1 aliphatic heterocycles. The van der Waals surface area contributed by atoms with E-state index >= 15 is 0 Å². The normalized spacial score (nSPS) is 21.0. The Morgan fingerprint density at radius 1 is 1.11 bits per heavy atom. The van der Waals surface area contributed by atoms with Gasteiger partial charge in [-0.1, -0.05) is 50.8 Å². The van der Waals surface area contributed by atoms with Crippen molar-refractivity contribution in [1.29, 1.82) is 0 Å². The number of aromatic nitrogens is 1. The summed E-state index contributed by atoms with van der Waals surface area (Å²) >= 11 is 0. The SMILES string of the molecule is C=C1CCN(C(c2ccc3[nH]c(=O)c(CC)cc3c2)C2CCCCCC2)CC1. The number of rotatable bonds is 4. The molecule has 1 saturated carbocycles. The number of aromatic amines is 1. The van der Waals surface area contributed by atoms with Crippen LogP contribution in [0, 0.1) is 5.92 Å².